The number of carbonyl (C=O) groups excluding carboxylic acids is 1. The van der Waals surface area contributed by atoms with E-state index in [1.54, 1.807) is 12.1 Å². The Hall–Kier alpha value is -2.33. The number of anilines is 1. The number of methoxy groups -OCH3 is 1. The molecule has 3 rings (SSSR count). The van der Waals surface area contributed by atoms with Gasteiger partial charge in [0, 0.05) is 29.5 Å². The zero-order valence-electron chi connectivity index (χ0n) is 18.8. The average molecular weight is 427 g/mol. The van der Waals surface area contributed by atoms with Gasteiger partial charge in [-0.1, -0.05) is 25.4 Å². The van der Waals surface area contributed by atoms with Crippen molar-refractivity contribution >= 4 is 35.2 Å². The fraction of sp³-hybridized carbons (Fsp3) is 0.440. The normalized spacial score (nSPS) is 17.8. The quantitative estimate of drug-likeness (QED) is 0.395. The molecular weight excluding hydrogens is 396 g/mol. The second kappa shape index (κ2) is 8.81. The Kier molecular flexibility index (Phi) is 6.56. The van der Waals surface area contributed by atoms with E-state index in [0.29, 0.717) is 16.5 Å². The molecule has 1 heterocycles. The third-order valence-corrected chi connectivity index (χ3v) is 6.24. The minimum Gasteiger partial charge on any atom is -0.465 e. The first kappa shape index (κ1) is 22.4. The van der Waals surface area contributed by atoms with E-state index in [1.807, 2.05) is 19.2 Å². The lowest BCUT2D eigenvalue weighted by Crippen LogP contribution is -2.48. The summed E-state index contributed by atoms with van der Waals surface area (Å²) in [6.45, 7) is 12.1. The summed E-state index contributed by atoms with van der Waals surface area (Å²) in [6.07, 6.45) is 4.02. The van der Waals surface area contributed by atoms with Gasteiger partial charge in [0.1, 0.15) is 0 Å². The summed E-state index contributed by atoms with van der Waals surface area (Å²) in [5.41, 5.74) is 5.82. The van der Waals surface area contributed by atoms with E-state index in [4.69, 9.17) is 16.3 Å². The highest BCUT2D eigenvalue weighted by Crippen LogP contribution is 2.45. The van der Waals surface area contributed by atoms with Crippen LogP contribution in [0.3, 0.4) is 0 Å². The molecule has 0 aliphatic carbocycles. The summed E-state index contributed by atoms with van der Waals surface area (Å²) >= 11 is 6.68. The molecule has 2 aromatic carbocycles. The highest BCUT2D eigenvalue weighted by atomic mass is 35.5. The minimum atomic E-state index is -0.347. The Morgan fingerprint density at radius 1 is 1.33 bits per heavy atom. The van der Waals surface area contributed by atoms with Crippen molar-refractivity contribution in [1.82, 2.24) is 0 Å². The second-order valence-electron chi connectivity index (χ2n) is 8.75. The highest BCUT2D eigenvalue weighted by molar-refractivity contribution is 6.33. The summed E-state index contributed by atoms with van der Waals surface area (Å²) < 4.78 is 4.78. The minimum absolute atomic E-state index is 0.111. The van der Waals surface area contributed by atoms with Crippen LogP contribution in [0, 0.1) is 6.92 Å². The number of esters is 1. The van der Waals surface area contributed by atoms with Gasteiger partial charge in [0.25, 0.3) is 0 Å². The van der Waals surface area contributed by atoms with Gasteiger partial charge in [0.2, 0.25) is 0 Å². The van der Waals surface area contributed by atoms with E-state index in [9.17, 15) is 4.79 Å². The smallest absolute Gasteiger partial charge is 0.337 e. The molecule has 0 fully saturated rings. The van der Waals surface area contributed by atoms with Crippen LogP contribution in [-0.2, 0) is 4.74 Å². The molecule has 0 saturated heterocycles. The molecule has 5 heteroatoms. The van der Waals surface area contributed by atoms with Gasteiger partial charge >= 0.3 is 5.97 Å². The van der Waals surface area contributed by atoms with Gasteiger partial charge < -0.3 is 9.64 Å². The molecule has 0 N–H and O–H groups in total. The van der Waals surface area contributed by atoms with E-state index in [-0.39, 0.29) is 11.5 Å². The van der Waals surface area contributed by atoms with Gasteiger partial charge in [-0.05, 0) is 81.0 Å². The van der Waals surface area contributed by atoms with E-state index in [0.717, 1.165) is 36.2 Å². The van der Waals surface area contributed by atoms with Crippen molar-refractivity contribution in [1.29, 1.82) is 0 Å². The number of aryl methyl sites for hydroxylation is 1. The summed E-state index contributed by atoms with van der Waals surface area (Å²) in [7, 11) is 1.38. The van der Waals surface area contributed by atoms with Gasteiger partial charge in [0.05, 0.1) is 23.4 Å². The van der Waals surface area contributed by atoms with Gasteiger partial charge in [-0.3, -0.25) is 4.99 Å². The molecule has 0 aromatic heterocycles. The average Bonchev–Trinajstić information content (AvgIpc) is 2.69. The molecule has 1 atom stereocenters. The molecule has 0 radical (unpaired) electrons. The van der Waals surface area contributed by atoms with Gasteiger partial charge in [-0.25, -0.2) is 4.79 Å². The number of aliphatic imine (C=N–C) groups is 1. The molecule has 0 spiro atoms. The standard InChI is InChI=1S/C25H31ClN2O2/c1-7-10-28-23-13-21(26)19(12-20(23)17(3)14-25(28,4)5)15-27-22-9-8-18(11-16(22)2)24(29)30-6/h8-9,11-13,15,17H,7,10,14H2,1-6H3. The molecule has 2 aromatic rings. The van der Waals surface area contributed by atoms with Gasteiger partial charge in [-0.15, -0.1) is 0 Å². The first-order valence-electron chi connectivity index (χ1n) is 10.5. The molecule has 1 unspecified atom stereocenters. The van der Waals surface area contributed by atoms with Crippen LogP contribution in [0.1, 0.15) is 73.5 Å². The van der Waals surface area contributed by atoms with Crippen LogP contribution in [0.15, 0.2) is 35.3 Å². The van der Waals surface area contributed by atoms with Gasteiger partial charge in [-0.2, -0.15) is 0 Å². The Balaban J connectivity index is 1.96. The third kappa shape index (κ3) is 4.39. The van der Waals surface area contributed by atoms with Crippen LogP contribution in [0.2, 0.25) is 5.02 Å². The van der Waals surface area contributed by atoms with Crippen LogP contribution in [0.25, 0.3) is 0 Å². The Morgan fingerprint density at radius 2 is 2.07 bits per heavy atom. The molecule has 160 valence electrons. The fourth-order valence-corrected chi connectivity index (χ4v) is 4.66. The number of rotatable bonds is 5. The van der Waals surface area contributed by atoms with Crippen molar-refractivity contribution in [3.8, 4) is 0 Å². The number of benzene rings is 2. The number of fused-ring (bicyclic) bond motifs is 1. The van der Waals surface area contributed by atoms with Crippen molar-refractivity contribution in [3.63, 3.8) is 0 Å². The van der Waals surface area contributed by atoms with Gasteiger partial charge in [0.15, 0.2) is 0 Å². The maximum absolute atomic E-state index is 11.7. The third-order valence-electron chi connectivity index (χ3n) is 5.91. The molecular formula is C25H31ClN2O2. The first-order valence-corrected chi connectivity index (χ1v) is 10.9. The van der Waals surface area contributed by atoms with Crippen LogP contribution in [0.4, 0.5) is 11.4 Å². The zero-order valence-corrected chi connectivity index (χ0v) is 19.5. The number of carbonyl (C=O) groups is 1. The molecule has 1 aliphatic heterocycles. The fourth-order valence-electron chi connectivity index (χ4n) is 4.45. The topological polar surface area (TPSA) is 41.9 Å². The first-order chi connectivity index (χ1) is 14.2. The van der Waals surface area contributed by atoms with Crippen molar-refractivity contribution in [3.05, 3.63) is 57.6 Å². The molecule has 0 saturated carbocycles. The molecule has 1 aliphatic rings. The number of ether oxygens (including phenoxy) is 1. The van der Waals surface area contributed by atoms with Crippen LogP contribution >= 0.6 is 11.6 Å². The van der Waals surface area contributed by atoms with Crippen molar-refractivity contribution < 1.29 is 9.53 Å². The molecule has 0 bridgehead atoms. The van der Waals surface area contributed by atoms with Crippen molar-refractivity contribution in [2.75, 3.05) is 18.6 Å². The Labute approximate surface area is 184 Å². The molecule has 0 amide bonds. The lowest BCUT2D eigenvalue weighted by Gasteiger charge is -2.47. The Morgan fingerprint density at radius 3 is 2.70 bits per heavy atom. The summed E-state index contributed by atoms with van der Waals surface area (Å²) in [5, 5.41) is 0.701. The number of hydrogen-bond donors (Lipinski definition) is 0. The van der Waals surface area contributed by atoms with Crippen LogP contribution in [-0.4, -0.2) is 31.4 Å². The number of hydrogen-bond acceptors (Lipinski definition) is 4. The maximum atomic E-state index is 11.7. The Bertz CT molecular complexity index is 981. The number of nitrogens with zero attached hydrogens (tertiary/aromatic N) is 2. The SMILES string of the molecule is CCCN1c2cc(Cl)c(C=Nc3ccc(C(=O)OC)cc3C)cc2C(C)CC1(C)C. The summed E-state index contributed by atoms with van der Waals surface area (Å²) in [5.74, 6) is 0.105. The lowest BCUT2D eigenvalue weighted by molar-refractivity contribution is 0.0600. The van der Waals surface area contributed by atoms with E-state index < -0.39 is 0 Å². The van der Waals surface area contributed by atoms with E-state index in [1.165, 1.54) is 18.4 Å². The zero-order chi connectivity index (χ0) is 22.1. The molecule has 30 heavy (non-hydrogen) atoms. The predicted molar refractivity (Wildman–Crippen MR) is 126 cm³/mol. The maximum Gasteiger partial charge on any atom is 0.337 e. The van der Waals surface area contributed by atoms with E-state index in [2.05, 4.69) is 49.7 Å². The van der Waals surface area contributed by atoms with Crippen LogP contribution < -0.4 is 4.90 Å². The summed E-state index contributed by atoms with van der Waals surface area (Å²) in [4.78, 5) is 18.8. The predicted octanol–water partition coefficient (Wildman–Crippen LogP) is 6.69. The lowest BCUT2D eigenvalue weighted by atomic mass is 9.79. The second-order valence-corrected chi connectivity index (χ2v) is 9.16. The molecule has 4 nitrogen and oxygen atoms in total. The largest absolute Gasteiger partial charge is 0.465 e. The monoisotopic (exact) mass is 426 g/mol. The summed E-state index contributed by atoms with van der Waals surface area (Å²) in [6, 6.07) is 9.63. The number of halogens is 1. The van der Waals surface area contributed by atoms with Crippen molar-refractivity contribution in [2.45, 2.75) is 58.9 Å². The van der Waals surface area contributed by atoms with Crippen molar-refractivity contribution in [2.24, 2.45) is 4.99 Å². The highest BCUT2D eigenvalue weighted by Gasteiger charge is 2.36. The van der Waals surface area contributed by atoms with Crippen LogP contribution in [0.5, 0.6) is 0 Å². The van der Waals surface area contributed by atoms with E-state index >= 15 is 0 Å².